The molecule has 0 amide bonds. The van der Waals surface area contributed by atoms with Crippen LogP contribution in [0.1, 0.15) is 27.2 Å². The third-order valence-electron chi connectivity index (χ3n) is 1.87. The largest absolute Gasteiger partial charge is 0.478 e. The monoisotopic (exact) mass is 212 g/mol. The van der Waals surface area contributed by atoms with Gasteiger partial charge in [-0.1, -0.05) is 26.0 Å². The van der Waals surface area contributed by atoms with Gasteiger partial charge in [-0.2, -0.15) is 0 Å². The lowest BCUT2D eigenvalue weighted by Gasteiger charge is -2.11. The van der Waals surface area contributed by atoms with Crippen LogP contribution in [-0.2, 0) is 9.59 Å². The van der Waals surface area contributed by atoms with E-state index in [0.717, 1.165) is 0 Å². The molecule has 0 aromatic carbocycles. The molecule has 4 heteroatoms. The van der Waals surface area contributed by atoms with Crippen LogP contribution < -0.4 is 0 Å². The molecular formula is C11H16O4. The predicted octanol–water partition coefficient (Wildman–Crippen LogP) is 2.07. The highest BCUT2D eigenvalue weighted by atomic mass is 16.4. The van der Waals surface area contributed by atoms with Crippen LogP contribution in [0.5, 0.6) is 0 Å². The molecule has 0 heterocycles. The van der Waals surface area contributed by atoms with Crippen LogP contribution in [0.25, 0.3) is 0 Å². The van der Waals surface area contributed by atoms with Crippen molar-refractivity contribution < 1.29 is 19.8 Å². The molecule has 0 aromatic heterocycles. The van der Waals surface area contributed by atoms with Crippen molar-refractivity contribution in [2.75, 3.05) is 0 Å². The van der Waals surface area contributed by atoms with E-state index in [-0.39, 0.29) is 23.5 Å². The summed E-state index contributed by atoms with van der Waals surface area (Å²) in [6.45, 7) is 8.57. The summed E-state index contributed by atoms with van der Waals surface area (Å²) in [5, 5.41) is 17.9. The van der Waals surface area contributed by atoms with Crippen LogP contribution in [-0.4, -0.2) is 22.2 Å². The number of hydrogen-bond donors (Lipinski definition) is 2. The van der Waals surface area contributed by atoms with Gasteiger partial charge in [-0.05, 0) is 12.8 Å². The number of aliphatic carboxylic acids is 2. The van der Waals surface area contributed by atoms with Gasteiger partial charge in [0.25, 0.3) is 0 Å². The highest BCUT2D eigenvalue weighted by Gasteiger charge is 2.22. The zero-order valence-corrected chi connectivity index (χ0v) is 9.20. The Balaban J connectivity index is 5.45. The van der Waals surface area contributed by atoms with Crippen molar-refractivity contribution in [3.8, 4) is 0 Å². The molecule has 0 aliphatic rings. The van der Waals surface area contributed by atoms with Gasteiger partial charge in [-0.15, -0.1) is 0 Å². The van der Waals surface area contributed by atoms with Crippen molar-refractivity contribution in [3.05, 3.63) is 23.3 Å². The Morgan fingerprint density at radius 1 is 1.20 bits per heavy atom. The Labute approximate surface area is 88.9 Å². The Bertz CT molecular complexity index is 323. The number of hydrogen-bond acceptors (Lipinski definition) is 2. The van der Waals surface area contributed by atoms with Crippen molar-refractivity contribution in [2.45, 2.75) is 27.2 Å². The third-order valence-corrected chi connectivity index (χ3v) is 1.87. The number of rotatable bonds is 5. The molecule has 0 spiro atoms. The van der Waals surface area contributed by atoms with E-state index in [9.17, 15) is 9.59 Å². The lowest BCUT2D eigenvalue weighted by Crippen LogP contribution is -2.15. The highest BCUT2D eigenvalue weighted by molar-refractivity contribution is 5.99. The lowest BCUT2D eigenvalue weighted by molar-refractivity contribution is -0.136. The van der Waals surface area contributed by atoms with Gasteiger partial charge in [0.15, 0.2) is 0 Å². The summed E-state index contributed by atoms with van der Waals surface area (Å²) < 4.78 is 0. The molecule has 0 unspecified atom stereocenters. The molecule has 0 saturated heterocycles. The fraction of sp³-hybridized carbons (Fsp3) is 0.455. The second kappa shape index (κ2) is 5.34. The lowest BCUT2D eigenvalue weighted by atomic mass is 9.93. The van der Waals surface area contributed by atoms with Gasteiger partial charge in [-0.3, -0.25) is 0 Å². The molecule has 0 saturated carbocycles. The minimum atomic E-state index is -1.19. The van der Waals surface area contributed by atoms with Crippen LogP contribution in [0.2, 0.25) is 0 Å². The standard InChI is InChI=1S/C11H16O4/c1-6(2)5-8(10(12)13)9(7(3)4)11(14)15/h7H,1,5H2,2-4H3,(H,12,13)(H,14,15). The molecule has 0 radical (unpaired) electrons. The fourth-order valence-electron chi connectivity index (χ4n) is 1.31. The summed E-state index contributed by atoms with van der Waals surface area (Å²) >= 11 is 0. The minimum Gasteiger partial charge on any atom is -0.478 e. The van der Waals surface area contributed by atoms with E-state index in [4.69, 9.17) is 10.2 Å². The molecule has 0 aliphatic heterocycles. The maximum atomic E-state index is 10.9. The minimum absolute atomic E-state index is 0.0505. The molecule has 84 valence electrons. The first-order valence-electron chi connectivity index (χ1n) is 4.61. The topological polar surface area (TPSA) is 74.6 Å². The van der Waals surface area contributed by atoms with E-state index in [2.05, 4.69) is 6.58 Å². The smallest absolute Gasteiger partial charge is 0.332 e. The number of carboxylic acid groups (broad SMARTS) is 2. The van der Waals surface area contributed by atoms with Crippen molar-refractivity contribution in [3.63, 3.8) is 0 Å². The van der Waals surface area contributed by atoms with Gasteiger partial charge < -0.3 is 10.2 Å². The maximum Gasteiger partial charge on any atom is 0.332 e. The molecule has 0 atom stereocenters. The first-order chi connectivity index (χ1) is 6.77. The third kappa shape index (κ3) is 3.97. The van der Waals surface area contributed by atoms with E-state index in [1.54, 1.807) is 20.8 Å². The second-order valence-corrected chi connectivity index (χ2v) is 3.79. The summed E-state index contributed by atoms with van der Waals surface area (Å²) in [7, 11) is 0. The van der Waals surface area contributed by atoms with E-state index in [1.807, 2.05) is 0 Å². The molecule has 0 fully saturated rings. The van der Waals surface area contributed by atoms with E-state index < -0.39 is 11.9 Å². The highest BCUT2D eigenvalue weighted by Crippen LogP contribution is 2.20. The Kier molecular flexibility index (Phi) is 4.78. The zero-order chi connectivity index (χ0) is 12.2. The summed E-state index contributed by atoms with van der Waals surface area (Å²) in [6.07, 6.45) is 0.0924. The molecular weight excluding hydrogens is 196 g/mol. The van der Waals surface area contributed by atoms with Crippen LogP contribution in [0.15, 0.2) is 23.3 Å². The zero-order valence-electron chi connectivity index (χ0n) is 9.20. The number of carbonyl (C=O) groups is 2. The van der Waals surface area contributed by atoms with Crippen molar-refractivity contribution in [2.24, 2.45) is 5.92 Å². The van der Waals surface area contributed by atoms with Crippen LogP contribution in [0.3, 0.4) is 0 Å². The SMILES string of the molecule is C=C(C)CC(C(=O)O)=C(C(=O)O)C(C)C. The summed E-state index contributed by atoms with van der Waals surface area (Å²) in [6, 6.07) is 0. The van der Waals surface area contributed by atoms with Crippen LogP contribution in [0.4, 0.5) is 0 Å². The van der Waals surface area contributed by atoms with Crippen molar-refractivity contribution in [1.82, 2.24) is 0 Å². The fourth-order valence-corrected chi connectivity index (χ4v) is 1.31. The Morgan fingerprint density at radius 2 is 1.67 bits per heavy atom. The Hall–Kier alpha value is -1.58. The molecule has 15 heavy (non-hydrogen) atoms. The number of allylic oxidation sites excluding steroid dienone is 1. The molecule has 2 N–H and O–H groups in total. The van der Waals surface area contributed by atoms with Gasteiger partial charge in [0.05, 0.1) is 11.1 Å². The van der Waals surface area contributed by atoms with Gasteiger partial charge in [0, 0.05) is 6.42 Å². The first kappa shape index (κ1) is 13.4. The van der Waals surface area contributed by atoms with E-state index in [0.29, 0.717) is 5.57 Å². The van der Waals surface area contributed by atoms with E-state index in [1.165, 1.54) is 0 Å². The Morgan fingerprint density at radius 3 is 1.87 bits per heavy atom. The van der Waals surface area contributed by atoms with Crippen LogP contribution in [0, 0.1) is 5.92 Å². The van der Waals surface area contributed by atoms with Gasteiger partial charge >= 0.3 is 11.9 Å². The predicted molar refractivity (Wildman–Crippen MR) is 56.6 cm³/mol. The first-order valence-corrected chi connectivity index (χ1v) is 4.61. The molecule has 0 bridgehead atoms. The normalized spacial score (nSPS) is 12.3. The van der Waals surface area contributed by atoms with E-state index >= 15 is 0 Å². The summed E-state index contributed by atoms with van der Waals surface area (Å²) in [5.74, 6) is -2.69. The number of carboxylic acids is 2. The second-order valence-electron chi connectivity index (χ2n) is 3.79. The van der Waals surface area contributed by atoms with Gasteiger partial charge in [0.2, 0.25) is 0 Å². The molecule has 0 aromatic rings. The van der Waals surface area contributed by atoms with Crippen molar-refractivity contribution >= 4 is 11.9 Å². The molecule has 0 aliphatic carbocycles. The van der Waals surface area contributed by atoms with Gasteiger partial charge in [-0.25, -0.2) is 9.59 Å². The average Bonchev–Trinajstić information content (AvgIpc) is 2.00. The molecule has 0 rings (SSSR count). The maximum absolute atomic E-state index is 10.9. The average molecular weight is 212 g/mol. The summed E-state index contributed by atoms with van der Waals surface area (Å²) in [5.41, 5.74) is 0.502. The van der Waals surface area contributed by atoms with Crippen LogP contribution >= 0.6 is 0 Å². The van der Waals surface area contributed by atoms with Gasteiger partial charge in [0.1, 0.15) is 0 Å². The van der Waals surface area contributed by atoms with Crippen molar-refractivity contribution in [1.29, 1.82) is 0 Å². The quantitative estimate of drug-likeness (QED) is 0.540. The molecule has 4 nitrogen and oxygen atoms in total. The summed E-state index contributed by atoms with van der Waals surface area (Å²) in [4.78, 5) is 21.8.